The Morgan fingerprint density at radius 1 is 1.25 bits per heavy atom. The van der Waals surface area contributed by atoms with Gasteiger partial charge in [0.05, 0.1) is 30.5 Å². The summed E-state index contributed by atoms with van der Waals surface area (Å²) in [4.78, 5) is 8.66. The second-order valence-electron chi connectivity index (χ2n) is 5.11. The van der Waals surface area contributed by atoms with Crippen LogP contribution < -0.4 is 5.32 Å². The third-order valence-electron chi connectivity index (χ3n) is 3.41. The second-order valence-corrected chi connectivity index (χ2v) is 6.03. The molecule has 0 unspecified atom stereocenters. The number of aliphatic hydroxyl groups is 1. The number of halogens is 1. The number of aliphatic hydroxyl groups excluding tert-OH is 1. The third kappa shape index (κ3) is 3.89. The Morgan fingerprint density at radius 2 is 2.17 bits per heavy atom. The largest absolute Gasteiger partial charge is 0.394 e. The fourth-order valence-electron chi connectivity index (χ4n) is 2.33. The molecule has 0 radical (unpaired) electrons. The number of benzene rings is 1. The number of fused-ring (bicyclic) bond motifs is 1. The van der Waals surface area contributed by atoms with Gasteiger partial charge < -0.3 is 15.2 Å². The van der Waals surface area contributed by atoms with Crippen molar-refractivity contribution in [1.29, 1.82) is 0 Å². The van der Waals surface area contributed by atoms with Crippen molar-refractivity contribution in [2.24, 2.45) is 0 Å². The van der Waals surface area contributed by atoms with Crippen LogP contribution in [0.4, 0.5) is 5.82 Å². The molecular formula is C16H18BrN5O2. The maximum atomic E-state index is 8.66. The summed E-state index contributed by atoms with van der Waals surface area (Å²) >= 11 is 3.47. The summed E-state index contributed by atoms with van der Waals surface area (Å²) in [5.74, 6) is 0.753. The quantitative estimate of drug-likeness (QED) is 0.573. The summed E-state index contributed by atoms with van der Waals surface area (Å²) in [6.45, 7) is 1.74. The minimum Gasteiger partial charge on any atom is -0.394 e. The summed E-state index contributed by atoms with van der Waals surface area (Å²) in [7, 11) is 0. The van der Waals surface area contributed by atoms with Crippen LogP contribution in [0.15, 0.2) is 41.3 Å². The molecule has 3 rings (SSSR count). The number of nitrogens with one attached hydrogen (secondary N) is 1. The van der Waals surface area contributed by atoms with Crippen molar-refractivity contribution >= 4 is 32.8 Å². The summed E-state index contributed by atoms with van der Waals surface area (Å²) in [5.41, 5.74) is 1.68. The van der Waals surface area contributed by atoms with Crippen molar-refractivity contribution in [3.8, 4) is 5.69 Å². The fourth-order valence-corrected chi connectivity index (χ4v) is 2.72. The predicted octanol–water partition coefficient (Wildman–Crippen LogP) is 2.39. The highest BCUT2D eigenvalue weighted by Gasteiger charge is 2.11. The van der Waals surface area contributed by atoms with Crippen LogP contribution in [-0.4, -0.2) is 51.2 Å². The monoisotopic (exact) mass is 391 g/mol. The van der Waals surface area contributed by atoms with Crippen molar-refractivity contribution in [3.63, 3.8) is 0 Å². The van der Waals surface area contributed by atoms with Crippen LogP contribution in [0.2, 0.25) is 0 Å². The maximum Gasteiger partial charge on any atom is 0.168 e. The van der Waals surface area contributed by atoms with Crippen molar-refractivity contribution in [2.75, 3.05) is 31.7 Å². The summed E-state index contributed by atoms with van der Waals surface area (Å²) < 4.78 is 8.01. The van der Waals surface area contributed by atoms with Crippen LogP contribution in [0.5, 0.6) is 0 Å². The van der Waals surface area contributed by atoms with E-state index < -0.39 is 0 Å². The SMILES string of the molecule is OCCOCCCNc1ncnc2c1cnn2-c1cccc(Br)c1. The third-order valence-corrected chi connectivity index (χ3v) is 3.91. The van der Waals surface area contributed by atoms with Gasteiger partial charge in [0.1, 0.15) is 12.1 Å². The number of ether oxygens (including phenoxy) is 1. The van der Waals surface area contributed by atoms with E-state index in [4.69, 9.17) is 9.84 Å². The average molecular weight is 392 g/mol. The number of aromatic nitrogens is 4. The Kier molecular flexibility index (Phi) is 5.73. The van der Waals surface area contributed by atoms with Gasteiger partial charge in [-0.15, -0.1) is 0 Å². The van der Waals surface area contributed by atoms with Crippen molar-refractivity contribution in [1.82, 2.24) is 19.7 Å². The Bertz CT molecular complexity index is 808. The highest BCUT2D eigenvalue weighted by molar-refractivity contribution is 9.10. The molecule has 8 heteroatoms. The molecule has 3 aromatic rings. The van der Waals surface area contributed by atoms with E-state index in [2.05, 4.69) is 36.3 Å². The van der Waals surface area contributed by atoms with Gasteiger partial charge in [-0.2, -0.15) is 5.10 Å². The molecular weight excluding hydrogens is 374 g/mol. The van der Waals surface area contributed by atoms with Crippen LogP contribution in [-0.2, 0) is 4.74 Å². The molecule has 0 amide bonds. The highest BCUT2D eigenvalue weighted by Crippen LogP contribution is 2.23. The number of rotatable bonds is 8. The molecule has 0 bridgehead atoms. The molecule has 0 aliphatic heterocycles. The number of hydrogen-bond donors (Lipinski definition) is 2. The highest BCUT2D eigenvalue weighted by atomic mass is 79.9. The minimum absolute atomic E-state index is 0.0503. The molecule has 2 aromatic heterocycles. The molecule has 0 saturated carbocycles. The van der Waals surface area contributed by atoms with E-state index in [1.54, 1.807) is 10.9 Å². The molecule has 126 valence electrons. The average Bonchev–Trinajstić information content (AvgIpc) is 3.03. The molecule has 0 fully saturated rings. The molecule has 0 aliphatic rings. The van der Waals surface area contributed by atoms with Gasteiger partial charge >= 0.3 is 0 Å². The van der Waals surface area contributed by atoms with Crippen LogP contribution in [0, 0.1) is 0 Å². The standard InChI is InChI=1S/C16H18BrN5O2/c17-12-3-1-4-13(9-12)22-16-14(10-21-22)15(19-11-20-16)18-5-2-7-24-8-6-23/h1,3-4,9-11,23H,2,5-8H2,(H,18,19,20). The summed E-state index contributed by atoms with van der Waals surface area (Å²) in [6, 6.07) is 7.89. The molecule has 1 aromatic carbocycles. The summed E-state index contributed by atoms with van der Waals surface area (Å²) in [6.07, 6.45) is 4.12. The first-order valence-corrected chi connectivity index (χ1v) is 8.46. The van der Waals surface area contributed by atoms with Gasteiger partial charge in [0.25, 0.3) is 0 Å². The van der Waals surface area contributed by atoms with Crippen molar-refractivity contribution in [2.45, 2.75) is 6.42 Å². The van der Waals surface area contributed by atoms with E-state index in [0.717, 1.165) is 40.0 Å². The minimum atomic E-state index is 0.0503. The molecule has 2 heterocycles. The molecule has 0 saturated heterocycles. The van der Waals surface area contributed by atoms with Crippen LogP contribution >= 0.6 is 15.9 Å². The van der Waals surface area contributed by atoms with Crippen LogP contribution in [0.3, 0.4) is 0 Å². The van der Waals surface area contributed by atoms with Gasteiger partial charge in [0.2, 0.25) is 0 Å². The Balaban J connectivity index is 1.75. The second kappa shape index (κ2) is 8.18. The molecule has 0 atom stereocenters. The molecule has 7 nitrogen and oxygen atoms in total. The fraction of sp³-hybridized carbons (Fsp3) is 0.312. The smallest absolute Gasteiger partial charge is 0.168 e. The normalized spacial score (nSPS) is 11.1. The topological polar surface area (TPSA) is 85.1 Å². The lowest BCUT2D eigenvalue weighted by Crippen LogP contribution is -2.09. The lowest BCUT2D eigenvalue weighted by Gasteiger charge is -2.07. The van der Waals surface area contributed by atoms with E-state index in [0.29, 0.717) is 13.2 Å². The zero-order valence-corrected chi connectivity index (χ0v) is 14.6. The molecule has 2 N–H and O–H groups in total. The van der Waals surface area contributed by atoms with E-state index in [1.807, 2.05) is 24.3 Å². The number of hydrogen-bond acceptors (Lipinski definition) is 6. The van der Waals surface area contributed by atoms with Crippen LogP contribution in [0.1, 0.15) is 6.42 Å². The van der Waals surface area contributed by atoms with E-state index in [-0.39, 0.29) is 6.61 Å². The Hall–Kier alpha value is -2.03. The van der Waals surface area contributed by atoms with Crippen molar-refractivity contribution < 1.29 is 9.84 Å². The van der Waals surface area contributed by atoms with E-state index in [9.17, 15) is 0 Å². The molecule has 0 aliphatic carbocycles. The Labute approximate surface area is 147 Å². The zero-order chi connectivity index (χ0) is 16.8. The van der Waals surface area contributed by atoms with Crippen molar-refractivity contribution in [3.05, 3.63) is 41.3 Å². The first-order valence-electron chi connectivity index (χ1n) is 7.67. The van der Waals surface area contributed by atoms with E-state index in [1.165, 1.54) is 6.33 Å². The first kappa shape index (κ1) is 16.8. The lowest BCUT2D eigenvalue weighted by atomic mass is 10.3. The molecule has 24 heavy (non-hydrogen) atoms. The number of anilines is 1. The first-order chi connectivity index (χ1) is 11.8. The zero-order valence-electron chi connectivity index (χ0n) is 13.0. The van der Waals surface area contributed by atoms with Crippen LogP contribution in [0.25, 0.3) is 16.7 Å². The predicted molar refractivity (Wildman–Crippen MR) is 95.4 cm³/mol. The van der Waals surface area contributed by atoms with Gasteiger partial charge in [-0.1, -0.05) is 22.0 Å². The summed E-state index contributed by atoms with van der Waals surface area (Å²) in [5, 5.41) is 17.3. The Morgan fingerprint density at radius 3 is 3.00 bits per heavy atom. The lowest BCUT2D eigenvalue weighted by molar-refractivity contribution is 0.0922. The molecule has 0 spiro atoms. The maximum absolute atomic E-state index is 8.66. The number of nitrogens with zero attached hydrogens (tertiary/aromatic N) is 4. The van der Waals surface area contributed by atoms with Gasteiger partial charge in [0.15, 0.2) is 5.65 Å². The van der Waals surface area contributed by atoms with Gasteiger partial charge in [-0.3, -0.25) is 0 Å². The van der Waals surface area contributed by atoms with Gasteiger partial charge in [-0.25, -0.2) is 14.6 Å². The van der Waals surface area contributed by atoms with Gasteiger partial charge in [0, 0.05) is 17.6 Å². The van der Waals surface area contributed by atoms with E-state index >= 15 is 0 Å². The van der Waals surface area contributed by atoms with Gasteiger partial charge in [-0.05, 0) is 24.6 Å².